The molecule has 0 aliphatic carbocycles. The summed E-state index contributed by atoms with van der Waals surface area (Å²) in [5, 5.41) is 7.80. The molecule has 0 aliphatic rings. The predicted molar refractivity (Wildman–Crippen MR) is 37.6 cm³/mol. The third-order valence-corrected chi connectivity index (χ3v) is 1.44. The van der Waals surface area contributed by atoms with E-state index in [0.29, 0.717) is 5.01 Å². The second kappa shape index (κ2) is 3.99. The van der Waals surface area contributed by atoms with Gasteiger partial charge in [0, 0.05) is 0 Å². The van der Waals surface area contributed by atoms with Crippen LogP contribution in [0.5, 0.6) is 0 Å². The summed E-state index contributed by atoms with van der Waals surface area (Å²) in [6, 6.07) is 0. The first-order valence-corrected chi connectivity index (χ1v) is 3.65. The molecule has 0 aromatic carbocycles. The smallest absolute Gasteiger partial charge is 0.243 e. The lowest BCUT2D eigenvalue weighted by atomic mass is 10.7. The minimum Gasteiger partial charge on any atom is -0.368 e. The van der Waals surface area contributed by atoms with Gasteiger partial charge in [-0.25, -0.2) is 0 Å². The zero-order chi connectivity index (χ0) is 8.10. The Morgan fingerprint density at radius 1 is 1.82 bits per heavy atom. The molecule has 0 saturated carbocycles. The van der Waals surface area contributed by atoms with Gasteiger partial charge in [-0.1, -0.05) is 11.3 Å². The van der Waals surface area contributed by atoms with E-state index < -0.39 is 5.91 Å². The lowest BCUT2D eigenvalue weighted by Gasteiger charge is -1.95. The maximum Gasteiger partial charge on any atom is 0.243 e. The number of aromatic nitrogens is 2. The first-order chi connectivity index (χ1) is 5.29. The van der Waals surface area contributed by atoms with Crippen molar-refractivity contribution in [3.8, 4) is 0 Å². The van der Waals surface area contributed by atoms with Gasteiger partial charge in [0.1, 0.15) is 18.2 Å². The number of carbonyl (C=O) groups is 1. The number of nitrogens with two attached hydrogens (primary N) is 1. The Balaban J connectivity index is 2.19. The Hall–Kier alpha value is -1.01. The summed E-state index contributed by atoms with van der Waals surface area (Å²) in [5.74, 6) is -0.488. The van der Waals surface area contributed by atoms with E-state index >= 15 is 0 Å². The molecule has 0 atom stereocenters. The third kappa shape index (κ3) is 3.06. The summed E-state index contributed by atoms with van der Waals surface area (Å²) in [6.07, 6.45) is 0. The van der Waals surface area contributed by atoms with Crippen LogP contribution in [-0.2, 0) is 16.1 Å². The van der Waals surface area contributed by atoms with Crippen molar-refractivity contribution in [2.75, 3.05) is 6.61 Å². The van der Waals surface area contributed by atoms with Gasteiger partial charge < -0.3 is 10.5 Å². The average molecular weight is 172 g/mol. The van der Waals surface area contributed by atoms with Crippen LogP contribution >= 0.6 is 11.3 Å². The molecule has 5 nitrogen and oxygen atoms in total. The summed E-state index contributed by atoms with van der Waals surface area (Å²) in [7, 11) is 0. The minimum atomic E-state index is -0.488. The normalized spacial score (nSPS) is 9.82. The highest BCUT2D eigenvalue weighted by Gasteiger charge is 1.98. The second-order valence-corrected chi connectivity index (χ2v) is 2.60. The molecule has 0 spiro atoms. The van der Waals surface area contributed by atoms with E-state index in [2.05, 4.69) is 15.7 Å². The van der Waals surface area contributed by atoms with Crippen LogP contribution in [0.15, 0.2) is 0 Å². The second-order valence-electron chi connectivity index (χ2n) is 1.75. The number of rotatable bonds is 4. The zero-order valence-corrected chi connectivity index (χ0v) is 6.43. The van der Waals surface area contributed by atoms with Crippen molar-refractivity contribution < 1.29 is 9.53 Å². The molecule has 1 radical (unpaired) electrons. The van der Waals surface area contributed by atoms with Crippen molar-refractivity contribution in [1.82, 2.24) is 10.2 Å². The van der Waals surface area contributed by atoms with E-state index in [0.717, 1.165) is 0 Å². The molecular formula is C5H6N3O2S. The summed E-state index contributed by atoms with van der Waals surface area (Å²) in [4.78, 5) is 10.2. The number of hydrogen-bond donors (Lipinski definition) is 1. The van der Waals surface area contributed by atoms with E-state index in [9.17, 15) is 4.79 Å². The van der Waals surface area contributed by atoms with Gasteiger partial charge in [0.2, 0.25) is 5.91 Å². The molecule has 1 aromatic heterocycles. The Bertz CT molecular complexity index is 224. The summed E-state index contributed by atoms with van der Waals surface area (Å²) < 4.78 is 4.85. The molecule has 1 amide bonds. The molecule has 59 valence electrons. The molecule has 0 saturated heterocycles. The highest BCUT2D eigenvalue weighted by Crippen LogP contribution is 2.01. The molecule has 1 aromatic rings. The highest BCUT2D eigenvalue weighted by molar-refractivity contribution is 7.08. The molecule has 6 heteroatoms. The Labute approximate surface area is 67.2 Å². The SMILES string of the molecule is NC(=O)COCc1nn[c]s1. The van der Waals surface area contributed by atoms with Crippen LogP contribution in [0.2, 0.25) is 0 Å². The van der Waals surface area contributed by atoms with Gasteiger partial charge in [-0.3, -0.25) is 4.79 Å². The average Bonchev–Trinajstić information content (AvgIpc) is 2.39. The van der Waals surface area contributed by atoms with Crippen LogP contribution in [0.4, 0.5) is 0 Å². The molecule has 2 N–H and O–H groups in total. The first kappa shape index (κ1) is 8.09. The number of nitrogens with zero attached hydrogens (tertiary/aromatic N) is 2. The van der Waals surface area contributed by atoms with Crippen LogP contribution in [0.3, 0.4) is 0 Å². The standard InChI is InChI=1S/C5H6N3O2S/c6-4(9)1-10-2-5-8-7-3-11-5/h1-2H2,(H2,6,9). The van der Waals surface area contributed by atoms with E-state index in [4.69, 9.17) is 10.5 Å². The molecule has 0 unspecified atom stereocenters. The largest absolute Gasteiger partial charge is 0.368 e. The molecule has 0 fully saturated rings. The Kier molecular flexibility index (Phi) is 2.94. The number of amides is 1. The fraction of sp³-hybridized carbons (Fsp3) is 0.400. The summed E-state index contributed by atoms with van der Waals surface area (Å²) in [5.41, 5.74) is 7.38. The molecule has 1 heterocycles. The number of hydrogen-bond acceptors (Lipinski definition) is 5. The molecule has 0 aliphatic heterocycles. The first-order valence-electron chi connectivity index (χ1n) is 2.83. The van der Waals surface area contributed by atoms with E-state index in [-0.39, 0.29) is 13.2 Å². The van der Waals surface area contributed by atoms with E-state index in [1.54, 1.807) is 0 Å². The maximum atomic E-state index is 10.2. The van der Waals surface area contributed by atoms with Gasteiger partial charge in [-0.05, 0) is 0 Å². The van der Waals surface area contributed by atoms with Crippen molar-refractivity contribution in [1.29, 1.82) is 0 Å². The zero-order valence-electron chi connectivity index (χ0n) is 5.61. The molecule has 0 bridgehead atoms. The van der Waals surface area contributed by atoms with Crippen molar-refractivity contribution >= 4 is 17.2 Å². The van der Waals surface area contributed by atoms with Gasteiger partial charge in [0.05, 0.1) is 0 Å². The molecule has 1 rings (SSSR count). The molecule has 11 heavy (non-hydrogen) atoms. The van der Waals surface area contributed by atoms with Crippen molar-refractivity contribution in [3.05, 3.63) is 10.5 Å². The quantitative estimate of drug-likeness (QED) is 0.654. The van der Waals surface area contributed by atoms with Gasteiger partial charge in [-0.2, -0.15) is 0 Å². The lowest BCUT2D eigenvalue weighted by molar-refractivity contribution is -0.122. The predicted octanol–water partition coefficient (Wildman–Crippen LogP) is -0.660. The monoisotopic (exact) mass is 172 g/mol. The highest BCUT2D eigenvalue weighted by atomic mass is 32.1. The minimum absolute atomic E-state index is 0.0838. The van der Waals surface area contributed by atoms with Crippen molar-refractivity contribution in [2.24, 2.45) is 5.73 Å². The van der Waals surface area contributed by atoms with Crippen LogP contribution in [0, 0.1) is 5.51 Å². The molecular weight excluding hydrogens is 166 g/mol. The van der Waals surface area contributed by atoms with Crippen LogP contribution in [0.1, 0.15) is 5.01 Å². The van der Waals surface area contributed by atoms with Gasteiger partial charge in [-0.15, -0.1) is 10.2 Å². The van der Waals surface area contributed by atoms with Gasteiger partial charge in [0.15, 0.2) is 5.51 Å². The Morgan fingerprint density at radius 2 is 2.64 bits per heavy atom. The third-order valence-electron chi connectivity index (χ3n) is 0.836. The topological polar surface area (TPSA) is 78.1 Å². The van der Waals surface area contributed by atoms with Crippen LogP contribution in [-0.4, -0.2) is 22.7 Å². The van der Waals surface area contributed by atoms with Crippen LogP contribution < -0.4 is 5.73 Å². The maximum absolute atomic E-state index is 10.2. The number of primary amides is 1. The lowest BCUT2D eigenvalue weighted by Crippen LogP contribution is -2.17. The van der Waals surface area contributed by atoms with Crippen molar-refractivity contribution in [2.45, 2.75) is 6.61 Å². The van der Waals surface area contributed by atoms with Gasteiger partial charge >= 0.3 is 0 Å². The Morgan fingerprint density at radius 3 is 3.18 bits per heavy atom. The summed E-state index contributed by atoms with van der Waals surface area (Å²) >= 11 is 1.25. The number of ether oxygens (including phenoxy) is 1. The van der Waals surface area contributed by atoms with Gasteiger partial charge in [0.25, 0.3) is 0 Å². The van der Waals surface area contributed by atoms with Crippen LogP contribution in [0.25, 0.3) is 0 Å². The fourth-order valence-corrected chi connectivity index (χ4v) is 0.878. The fourth-order valence-electron chi connectivity index (χ4n) is 0.467. The summed E-state index contributed by atoms with van der Waals surface area (Å²) in [6.45, 7) is 0.184. The van der Waals surface area contributed by atoms with Crippen molar-refractivity contribution in [3.63, 3.8) is 0 Å². The van der Waals surface area contributed by atoms with E-state index in [1.807, 2.05) is 0 Å². The van der Waals surface area contributed by atoms with E-state index in [1.165, 1.54) is 11.3 Å². The number of carbonyl (C=O) groups excluding carboxylic acids is 1.